The van der Waals surface area contributed by atoms with Gasteiger partial charge in [0.1, 0.15) is 11.6 Å². The van der Waals surface area contributed by atoms with Gasteiger partial charge in [-0.05, 0) is 30.9 Å². The largest absolute Gasteiger partial charge is 0.383 e. The number of benzene rings is 1. The summed E-state index contributed by atoms with van der Waals surface area (Å²) >= 11 is 12.7. The van der Waals surface area contributed by atoms with E-state index in [9.17, 15) is 4.79 Å². The molecule has 0 aliphatic carbocycles. The smallest absolute Gasteiger partial charge is 0.231 e. The first kappa shape index (κ1) is 15.9. The lowest BCUT2D eigenvalue weighted by molar-refractivity contribution is -0.107. The van der Waals surface area contributed by atoms with Crippen LogP contribution in [0.25, 0.3) is 0 Å². The minimum Gasteiger partial charge on any atom is -0.383 e. The number of carbonyl (C=O) groups is 1. The van der Waals surface area contributed by atoms with Gasteiger partial charge in [0, 0.05) is 12.2 Å². The molecule has 100 valence electrons. The van der Waals surface area contributed by atoms with Crippen molar-refractivity contribution in [2.75, 3.05) is 6.26 Å². The maximum atomic E-state index is 11.5. The summed E-state index contributed by atoms with van der Waals surface area (Å²) in [4.78, 5) is 11.5. The number of hydrogen-bond acceptors (Lipinski definition) is 4. The minimum atomic E-state index is -0.248. The van der Waals surface area contributed by atoms with E-state index in [1.807, 2.05) is 12.1 Å². The fourth-order valence-electron chi connectivity index (χ4n) is 1.36. The topological polar surface area (TPSA) is 52.9 Å². The lowest BCUT2D eigenvalue weighted by Crippen LogP contribution is -2.14. The van der Waals surface area contributed by atoms with Gasteiger partial charge in [-0.25, -0.2) is 0 Å². The highest BCUT2D eigenvalue weighted by Crippen LogP contribution is 2.22. The van der Waals surface area contributed by atoms with Crippen molar-refractivity contribution < 1.29 is 4.79 Å². The van der Waals surface area contributed by atoms with Crippen molar-refractivity contribution in [1.82, 2.24) is 5.32 Å². The molecule has 0 saturated heterocycles. The average Bonchev–Trinajstić information content (AvgIpc) is 2.40. The zero-order valence-electron chi connectivity index (χ0n) is 10.5. The maximum Gasteiger partial charge on any atom is 0.231 e. The molecule has 0 heterocycles. The van der Waals surface area contributed by atoms with Crippen LogP contribution in [0.15, 0.2) is 29.5 Å². The first-order valence-corrected chi connectivity index (χ1v) is 7.34. The van der Waals surface area contributed by atoms with Crippen LogP contribution in [0.2, 0.25) is 10.0 Å². The van der Waals surface area contributed by atoms with Gasteiger partial charge in [-0.1, -0.05) is 41.0 Å². The van der Waals surface area contributed by atoms with Crippen LogP contribution in [0.4, 0.5) is 0 Å². The number of nitrogens with one attached hydrogen (secondary N) is 1. The molecule has 0 spiro atoms. The van der Waals surface area contributed by atoms with Crippen LogP contribution >= 0.6 is 35.0 Å². The van der Waals surface area contributed by atoms with E-state index >= 15 is 0 Å². The molecule has 1 N–H and O–H groups in total. The van der Waals surface area contributed by atoms with Crippen molar-refractivity contribution in [2.24, 2.45) is 0 Å². The zero-order valence-corrected chi connectivity index (χ0v) is 12.8. The van der Waals surface area contributed by atoms with Gasteiger partial charge in [0.15, 0.2) is 0 Å². The van der Waals surface area contributed by atoms with E-state index in [2.05, 4.69) is 5.32 Å². The van der Waals surface area contributed by atoms with Crippen LogP contribution in [0.5, 0.6) is 0 Å². The lowest BCUT2D eigenvalue weighted by Gasteiger charge is -2.09. The molecule has 0 aromatic heterocycles. The van der Waals surface area contributed by atoms with Crippen LogP contribution in [-0.2, 0) is 11.3 Å². The summed E-state index contributed by atoms with van der Waals surface area (Å²) in [7, 11) is 0. The summed E-state index contributed by atoms with van der Waals surface area (Å²) in [6.07, 6.45) is 1.64. The quantitative estimate of drug-likeness (QED) is 0.679. The molecule has 0 bridgehead atoms. The Balaban J connectivity index is 2.80. The Morgan fingerprint density at radius 1 is 1.42 bits per heavy atom. The number of thioether (sulfide) groups is 1. The van der Waals surface area contributed by atoms with Gasteiger partial charge >= 0.3 is 0 Å². The number of nitriles is 1. The third-order valence-corrected chi connectivity index (χ3v) is 3.73. The molecule has 1 aromatic rings. The molecular weight excluding hydrogens is 303 g/mol. The molecule has 6 heteroatoms. The van der Waals surface area contributed by atoms with Crippen molar-refractivity contribution >= 4 is 40.1 Å². The Morgan fingerprint density at radius 3 is 2.63 bits per heavy atom. The molecule has 1 rings (SSSR count). The first-order valence-electron chi connectivity index (χ1n) is 5.36. The lowest BCUT2D eigenvalue weighted by atomic mass is 10.2. The highest BCUT2D eigenvalue weighted by Gasteiger charge is 2.11. The van der Waals surface area contributed by atoms with E-state index in [0.717, 1.165) is 17.3 Å². The van der Waals surface area contributed by atoms with Gasteiger partial charge in [-0.15, -0.1) is 0 Å². The van der Waals surface area contributed by atoms with E-state index < -0.39 is 0 Å². The van der Waals surface area contributed by atoms with Crippen molar-refractivity contribution in [3.05, 3.63) is 45.1 Å². The molecule has 1 aromatic carbocycles. The fraction of sp³-hybridized carbons (Fsp3) is 0.231. The van der Waals surface area contributed by atoms with Crippen LogP contribution in [-0.4, -0.2) is 11.4 Å². The van der Waals surface area contributed by atoms with Crippen LogP contribution in [0.1, 0.15) is 12.5 Å². The van der Waals surface area contributed by atoms with Gasteiger partial charge in [-0.2, -0.15) is 5.26 Å². The highest BCUT2D eigenvalue weighted by atomic mass is 35.5. The fourth-order valence-corrected chi connectivity index (χ4v) is 2.08. The zero-order chi connectivity index (χ0) is 14.4. The number of carbonyl (C=O) groups excluding carboxylic acids is 1. The molecule has 0 atom stereocenters. The Labute approximate surface area is 126 Å². The number of hydrogen-bond donors (Lipinski definition) is 1. The second-order valence-corrected chi connectivity index (χ2v) is 5.30. The van der Waals surface area contributed by atoms with Gasteiger partial charge in [-0.3, -0.25) is 4.79 Å². The molecule has 3 nitrogen and oxygen atoms in total. The highest BCUT2D eigenvalue weighted by molar-refractivity contribution is 8.13. The maximum absolute atomic E-state index is 11.5. The molecule has 19 heavy (non-hydrogen) atoms. The number of allylic oxidation sites excluding steroid dienone is 1. The van der Waals surface area contributed by atoms with E-state index in [1.54, 1.807) is 25.3 Å². The van der Waals surface area contributed by atoms with Gasteiger partial charge in [0.25, 0.3) is 0 Å². The molecule has 0 fully saturated rings. The second kappa shape index (κ2) is 7.44. The molecule has 0 saturated carbocycles. The summed E-state index contributed by atoms with van der Waals surface area (Å²) in [6, 6.07) is 7.19. The molecule has 0 amide bonds. The van der Waals surface area contributed by atoms with E-state index in [0.29, 0.717) is 22.3 Å². The van der Waals surface area contributed by atoms with Crippen molar-refractivity contribution in [2.45, 2.75) is 13.5 Å². The summed E-state index contributed by atoms with van der Waals surface area (Å²) in [5.41, 5.74) is 1.60. The van der Waals surface area contributed by atoms with Gasteiger partial charge in [0.2, 0.25) is 5.12 Å². The summed E-state index contributed by atoms with van der Waals surface area (Å²) in [5, 5.41) is 12.7. The van der Waals surface area contributed by atoms with E-state index in [1.165, 1.54) is 0 Å². The SMILES string of the molecule is CSC(=O)/C(C#N)=C(/C)NCc1ccc(Cl)c(Cl)c1. The van der Waals surface area contributed by atoms with Crippen LogP contribution in [0.3, 0.4) is 0 Å². The normalized spacial score (nSPS) is 11.5. The Morgan fingerprint density at radius 2 is 2.11 bits per heavy atom. The predicted molar refractivity (Wildman–Crippen MR) is 80.1 cm³/mol. The summed E-state index contributed by atoms with van der Waals surface area (Å²) < 4.78 is 0. The van der Waals surface area contributed by atoms with Crippen LogP contribution in [0, 0.1) is 11.3 Å². The van der Waals surface area contributed by atoms with Gasteiger partial charge < -0.3 is 5.32 Å². The van der Waals surface area contributed by atoms with Gasteiger partial charge in [0.05, 0.1) is 10.0 Å². The number of rotatable bonds is 4. The molecular formula is C13H12Cl2N2OS. The standard InChI is InChI=1S/C13H12Cl2N2OS/c1-8(10(6-16)13(18)19-2)17-7-9-3-4-11(14)12(15)5-9/h3-5,17H,7H2,1-2H3/b10-8-. The van der Waals surface area contributed by atoms with E-state index in [-0.39, 0.29) is 10.7 Å². The van der Waals surface area contributed by atoms with Crippen molar-refractivity contribution in [3.63, 3.8) is 0 Å². The van der Waals surface area contributed by atoms with Crippen molar-refractivity contribution in [1.29, 1.82) is 5.26 Å². The monoisotopic (exact) mass is 314 g/mol. The third kappa shape index (κ3) is 4.46. The van der Waals surface area contributed by atoms with Crippen LogP contribution < -0.4 is 5.32 Å². The number of nitrogens with zero attached hydrogens (tertiary/aromatic N) is 1. The Kier molecular flexibility index (Phi) is 6.23. The molecule has 0 radical (unpaired) electrons. The average molecular weight is 315 g/mol. The Hall–Kier alpha value is -1.15. The molecule has 0 aliphatic heterocycles. The third-order valence-electron chi connectivity index (χ3n) is 2.42. The van der Waals surface area contributed by atoms with Crippen molar-refractivity contribution in [3.8, 4) is 6.07 Å². The summed E-state index contributed by atoms with van der Waals surface area (Å²) in [6.45, 7) is 2.17. The molecule has 0 aliphatic rings. The first-order chi connectivity index (χ1) is 8.99. The Bertz CT molecular complexity index is 564. The van der Waals surface area contributed by atoms with E-state index in [4.69, 9.17) is 28.5 Å². The minimum absolute atomic E-state index is 0.132. The predicted octanol–water partition coefficient (Wildman–Crippen LogP) is 3.77. The second-order valence-electron chi connectivity index (χ2n) is 3.71. The summed E-state index contributed by atoms with van der Waals surface area (Å²) in [5.74, 6) is 0. The number of halogens is 2. The molecule has 0 unspecified atom stereocenters.